The van der Waals surface area contributed by atoms with Gasteiger partial charge < -0.3 is 19.4 Å². The summed E-state index contributed by atoms with van der Waals surface area (Å²) < 4.78 is 10.3. The second-order valence-corrected chi connectivity index (χ2v) is 8.42. The lowest BCUT2D eigenvalue weighted by molar-refractivity contribution is -0.146. The summed E-state index contributed by atoms with van der Waals surface area (Å²) in [6.07, 6.45) is 3.37. The van der Waals surface area contributed by atoms with Crippen molar-refractivity contribution in [3.8, 4) is 6.07 Å². The Morgan fingerprint density at radius 2 is 2.16 bits per heavy atom. The monoisotopic (exact) mass is 421 g/mol. The summed E-state index contributed by atoms with van der Waals surface area (Å²) in [6.45, 7) is 4.14. The second-order valence-electron chi connectivity index (χ2n) is 8.42. The molecule has 0 saturated heterocycles. The van der Waals surface area contributed by atoms with E-state index in [1.807, 2.05) is 18.3 Å². The van der Waals surface area contributed by atoms with Crippen LogP contribution in [0.4, 0.5) is 0 Å². The van der Waals surface area contributed by atoms with Gasteiger partial charge >= 0.3 is 11.9 Å². The number of aromatic amines is 1. The molecule has 31 heavy (non-hydrogen) atoms. The number of carbonyl (C=O) groups excluding carboxylic acids is 2. The molecule has 2 aliphatic heterocycles. The van der Waals surface area contributed by atoms with Gasteiger partial charge in [-0.05, 0) is 30.9 Å². The molecule has 1 unspecified atom stereocenters. The molecule has 1 N–H and O–H groups in total. The molecule has 0 fully saturated rings. The number of carbonyl (C=O) groups is 2. The van der Waals surface area contributed by atoms with Crippen LogP contribution in [0, 0.1) is 16.7 Å². The van der Waals surface area contributed by atoms with Crippen molar-refractivity contribution in [2.24, 2.45) is 5.41 Å². The summed E-state index contributed by atoms with van der Waals surface area (Å²) in [5, 5.41) is 10.9. The van der Waals surface area contributed by atoms with Gasteiger partial charge in [0.1, 0.15) is 6.07 Å². The summed E-state index contributed by atoms with van der Waals surface area (Å²) >= 11 is 0. The lowest BCUT2D eigenvalue weighted by atomic mass is 9.65. The first-order chi connectivity index (χ1) is 14.9. The molecule has 3 heterocycles. The summed E-state index contributed by atoms with van der Waals surface area (Å²) in [5.41, 5.74) is 3.59. The Kier molecular flexibility index (Phi) is 5.48. The van der Waals surface area contributed by atoms with Crippen LogP contribution in [0.3, 0.4) is 0 Å². The van der Waals surface area contributed by atoms with Crippen LogP contribution in [0.25, 0.3) is 10.9 Å². The number of fused-ring (bicyclic) bond motifs is 5. The van der Waals surface area contributed by atoms with E-state index >= 15 is 0 Å². The van der Waals surface area contributed by atoms with Crippen LogP contribution in [0.15, 0.2) is 36.0 Å². The smallest absolute Gasteiger partial charge is 0.335 e. The van der Waals surface area contributed by atoms with Gasteiger partial charge in [-0.2, -0.15) is 5.26 Å². The number of hydrogen-bond acceptors (Lipinski definition) is 6. The molecule has 1 aromatic carbocycles. The third-order valence-corrected chi connectivity index (χ3v) is 6.71. The third-order valence-electron chi connectivity index (χ3n) is 6.71. The fourth-order valence-corrected chi connectivity index (χ4v) is 5.36. The van der Waals surface area contributed by atoms with Crippen molar-refractivity contribution in [2.45, 2.75) is 51.7 Å². The number of esters is 2. The lowest BCUT2D eigenvalue weighted by Crippen LogP contribution is -2.48. The van der Waals surface area contributed by atoms with Gasteiger partial charge in [0.25, 0.3) is 0 Å². The number of rotatable bonds is 5. The minimum Gasteiger partial charge on any atom is -0.466 e. The molecule has 2 aliphatic rings. The Balaban J connectivity index is 1.86. The van der Waals surface area contributed by atoms with Crippen LogP contribution in [-0.4, -0.2) is 41.6 Å². The largest absolute Gasteiger partial charge is 0.466 e. The molecular formula is C24H27N3O4. The van der Waals surface area contributed by atoms with E-state index in [1.165, 1.54) is 25.0 Å². The first kappa shape index (κ1) is 21.0. The van der Waals surface area contributed by atoms with Crippen molar-refractivity contribution in [1.82, 2.24) is 9.88 Å². The van der Waals surface area contributed by atoms with Crippen molar-refractivity contribution in [3.05, 3.63) is 47.3 Å². The Morgan fingerprint density at radius 3 is 2.84 bits per heavy atom. The van der Waals surface area contributed by atoms with Gasteiger partial charge in [-0.3, -0.25) is 4.79 Å². The number of nitrogens with one attached hydrogen (secondary N) is 1. The minimum absolute atomic E-state index is 0.0616. The number of ether oxygens (including phenoxy) is 2. The maximum absolute atomic E-state index is 12.5. The molecule has 0 amide bonds. The van der Waals surface area contributed by atoms with E-state index in [0.29, 0.717) is 24.8 Å². The van der Waals surface area contributed by atoms with Gasteiger partial charge in [0.05, 0.1) is 18.7 Å². The van der Waals surface area contributed by atoms with E-state index in [1.54, 1.807) is 0 Å². The molecule has 1 aromatic heterocycles. The number of aromatic nitrogens is 1. The Bertz CT molecular complexity index is 1100. The highest BCUT2D eigenvalue weighted by Crippen LogP contribution is 2.55. The van der Waals surface area contributed by atoms with Crippen LogP contribution >= 0.6 is 0 Å². The van der Waals surface area contributed by atoms with Crippen LogP contribution in [0.1, 0.15) is 50.4 Å². The van der Waals surface area contributed by atoms with Gasteiger partial charge in [-0.15, -0.1) is 0 Å². The average molecular weight is 421 g/mol. The normalized spacial score (nSPS) is 23.2. The molecule has 2 aromatic rings. The van der Waals surface area contributed by atoms with Gasteiger partial charge in [0, 0.05) is 48.1 Å². The van der Waals surface area contributed by atoms with Crippen LogP contribution in [-0.2, 0) is 25.5 Å². The first-order valence-electron chi connectivity index (χ1n) is 10.6. The summed E-state index contributed by atoms with van der Waals surface area (Å²) in [5.74, 6) is -0.844. The summed E-state index contributed by atoms with van der Waals surface area (Å²) in [4.78, 5) is 29.9. The number of para-hydroxylation sites is 1. The molecule has 0 aliphatic carbocycles. The zero-order valence-corrected chi connectivity index (χ0v) is 18.1. The Morgan fingerprint density at radius 1 is 1.39 bits per heavy atom. The molecule has 0 spiro atoms. The molecule has 4 rings (SSSR count). The number of H-pyrrole nitrogens is 1. The zero-order chi connectivity index (χ0) is 22.2. The van der Waals surface area contributed by atoms with Gasteiger partial charge in [-0.1, -0.05) is 25.1 Å². The van der Waals surface area contributed by atoms with E-state index in [2.05, 4.69) is 35.0 Å². The first-order valence-corrected chi connectivity index (χ1v) is 10.6. The number of hydrogen-bond donors (Lipinski definition) is 1. The highest BCUT2D eigenvalue weighted by Gasteiger charge is 2.50. The molecule has 3 atom stereocenters. The summed E-state index contributed by atoms with van der Waals surface area (Å²) in [6, 6.07) is 10.3. The average Bonchev–Trinajstić information content (AvgIpc) is 3.15. The molecule has 0 saturated carbocycles. The van der Waals surface area contributed by atoms with E-state index in [0.717, 1.165) is 24.2 Å². The van der Waals surface area contributed by atoms with E-state index in [-0.39, 0.29) is 12.0 Å². The van der Waals surface area contributed by atoms with Crippen LogP contribution < -0.4 is 0 Å². The number of benzene rings is 1. The molecular weight excluding hydrogens is 394 g/mol. The molecule has 162 valence electrons. The lowest BCUT2D eigenvalue weighted by Gasteiger charge is -2.51. The van der Waals surface area contributed by atoms with Crippen molar-refractivity contribution in [3.63, 3.8) is 0 Å². The minimum atomic E-state index is -0.883. The highest BCUT2D eigenvalue weighted by molar-refractivity contribution is 5.89. The van der Waals surface area contributed by atoms with Gasteiger partial charge in [-0.25, -0.2) is 4.79 Å². The van der Waals surface area contributed by atoms with E-state index < -0.39 is 17.5 Å². The molecule has 0 radical (unpaired) electrons. The predicted molar refractivity (Wildman–Crippen MR) is 115 cm³/mol. The Labute approximate surface area is 181 Å². The topological polar surface area (TPSA) is 95.4 Å². The predicted octanol–water partition coefficient (Wildman–Crippen LogP) is 3.77. The third kappa shape index (κ3) is 3.56. The van der Waals surface area contributed by atoms with Gasteiger partial charge in [0.15, 0.2) is 6.10 Å². The SMILES string of the molecule is CC[C@]1(CC(C#N)OC(C)=O)CC(C(=O)OC)=CN2CCc3c([nH]c4ccccc34)[C@H]21. The Hall–Kier alpha value is -3.27. The van der Waals surface area contributed by atoms with Crippen LogP contribution in [0.5, 0.6) is 0 Å². The fourth-order valence-electron chi connectivity index (χ4n) is 5.36. The summed E-state index contributed by atoms with van der Waals surface area (Å²) in [7, 11) is 1.38. The fraction of sp³-hybridized carbons (Fsp3) is 0.458. The van der Waals surface area contributed by atoms with Crippen molar-refractivity contribution in [2.75, 3.05) is 13.7 Å². The zero-order valence-electron chi connectivity index (χ0n) is 18.1. The van der Waals surface area contributed by atoms with Gasteiger partial charge in [0.2, 0.25) is 0 Å². The maximum Gasteiger partial charge on any atom is 0.335 e. The van der Waals surface area contributed by atoms with Crippen molar-refractivity contribution < 1.29 is 19.1 Å². The highest BCUT2D eigenvalue weighted by atomic mass is 16.5. The standard InChI is InChI=1S/C24H27N3O4/c1-4-24(12-17(13-25)31-15(2)28)11-16(23(29)30-3)14-27-10-9-19-18-7-5-6-8-20(18)26-21(19)22(24)27/h5-8,14,17,22,26H,4,9-12H2,1-3H3/t17?,22-,24+/m0/s1. The second kappa shape index (κ2) is 8.10. The van der Waals surface area contributed by atoms with E-state index in [4.69, 9.17) is 9.47 Å². The molecule has 0 bridgehead atoms. The van der Waals surface area contributed by atoms with Crippen molar-refractivity contribution >= 4 is 22.8 Å². The number of nitriles is 1. The molecule has 7 nitrogen and oxygen atoms in total. The van der Waals surface area contributed by atoms with Crippen LogP contribution in [0.2, 0.25) is 0 Å². The molecule has 7 heteroatoms. The van der Waals surface area contributed by atoms with Crippen molar-refractivity contribution in [1.29, 1.82) is 5.26 Å². The van der Waals surface area contributed by atoms with E-state index in [9.17, 15) is 14.9 Å². The number of methoxy groups -OCH3 is 1. The number of nitrogens with zero attached hydrogens (tertiary/aromatic N) is 2. The maximum atomic E-state index is 12.5. The quantitative estimate of drug-likeness (QED) is 0.739.